The van der Waals surface area contributed by atoms with Crippen molar-refractivity contribution in [1.82, 2.24) is 9.97 Å². The van der Waals surface area contributed by atoms with Crippen LogP contribution in [0.4, 0.5) is 5.69 Å². The summed E-state index contributed by atoms with van der Waals surface area (Å²) in [5.74, 6) is 0. The largest absolute Gasteiger partial charge is 0.379 e. The number of hydrogen-bond donors (Lipinski definition) is 1. The number of hydrogen-bond acceptors (Lipinski definition) is 3. The Hall–Kier alpha value is -0.940. The molecule has 1 aromatic carbocycles. The van der Waals surface area contributed by atoms with Crippen LogP contribution in [0.15, 0.2) is 45.9 Å². The lowest BCUT2D eigenvalue weighted by Crippen LogP contribution is -2.01. The van der Waals surface area contributed by atoms with Crippen molar-refractivity contribution in [3.63, 3.8) is 0 Å². The zero-order chi connectivity index (χ0) is 11.4. The molecule has 0 fully saturated rings. The molecule has 0 unspecified atom stereocenters. The molecule has 0 spiro atoms. The first-order valence-corrected chi connectivity index (χ1v) is 6.28. The average molecular weight is 343 g/mol. The van der Waals surface area contributed by atoms with E-state index in [-0.39, 0.29) is 0 Å². The Morgan fingerprint density at radius 2 is 1.69 bits per heavy atom. The number of anilines is 1. The minimum Gasteiger partial charge on any atom is -0.379 e. The van der Waals surface area contributed by atoms with Crippen LogP contribution in [-0.4, -0.2) is 9.97 Å². The predicted molar refractivity (Wildman–Crippen MR) is 71.2 cm³/mol. The van der Waals surface area contributed by atoms with Crippen LogP contribution >= 0.6 is 31.9 Å². The van der Waals surface area contributed by atoms with Crippen molar-refractivity contribution in [3.8, 4) is 0 Å². The van der Waals surface area contributed by atoms with Crippen LogP contribution in [0.3, 0.4) is 0 Å². The molecule has 0 radical (unpaired) electrons. The molecule has 0 atom stereocenters. The minimum atomic E-state index is 0.696. The lowest BCUT2D eigenvalue weighted by molar-refractivity contribution is 1.05. The molecule has 3 nitrogen and oxygen atoms in total. The highest BCUT2D eigenvalue weighted by Crippen LogP contribution is 2.30. The standard InChI is InChI=1S/C11H9Br2N3/c12-9-2-1-3-10(13)11(9)16-6-8-4-14-7-15-5-8/h1-5,7,16H,6H2. The summed E-state index contributed by atoms with van der Waals surface area (Å²) < 4.78 is 2.05. The Labute approximate surface area is 111 Å². The average Bonchev–Trinajstić information content (AvgIpc) is 2.30. The normalized spacial score (nSPS) is 10.1. The summed E-state index contributed by atoms with van der Waals surface area (Å²) in [6.07, 6.45) is 5.12. The first-order valence-electron chi connectivity index (χ1n) is 4.69. The summed E-state index contributed by atoms with van der Waals surface area (Å²) in [5, 5.41) is 3.32. The third-order valence-corrected chi connectivity index (χ3v) is 3.37. The van der Waals surface area contributed by atoms with Crippen LogP contribution in [0.25, 0.3) is 0 Å². The van der Waals surface area contributed by atoms with Crippen LogP contribution in [-0.2, 0) is 6.54 Å². The molecule has 82 valence electrons. The second-order valence-corrected chi connectivity index (χ2v) is 4.91. The molecule has 1 N–H and O–H groups in total. The molecule has 2 rings (SSSR count). The van der Waals surface area contributed by atoms with Gasteiger partial charge in [0.15, 0.2) is 0 Å². The Kier molecular flexibility index (Phi) is 3.90. The van der Waals surface area contributed by atoms with Gasteiger partial charge in [-0.3, -0.25) is 0 Å². The van der Waals surface area contributed by atoms with E-state index in [1.807, 2.05) is 18.2 Å². The van der Waals surface area contributed by atoms with Gasteiger partial charge in [0.2, 0.25) is 0 Å². The molecule has 0 saturated carbocycles. The number of halogens is 2. The van der Waals surface area contributed by atoms with E-state index >= 15 is 0 Å². The van der Waals surface area contributed by atoms with E-state index in [1.54, 1.807) is 12.4 Å². The Balaban J connectivity index is 2.11. The van der Waals surface area contributed by atoms with E-state index in [4.69, 9.17) is 0 Å². The van der Waals surface area contributed by atoms with Crippen molar-refractivity contribution >= 4 is 37.5 Å². The third-order valence-electron chi connectivity index (χ3n) is 2.05. The van der Waals surface area contributed by atoms with Crippen molar-refractivity contribution in [2.45, 2.75) is 6.54 Å². The smallest absolute Gasteiger partial charge is 0.115 e. The number of aromatic nitrogens is 2. The zero-order valence-electron chi connectivity index (χ0n) is 8.32. The Bertz CT molecular complexity index is 454. The van der Waals surface area contributed by atoms with Gasteiger partial charge in [-0.1, -0.05) is 6.07 Å². The van der Waals surface area contributed by atoms with Gasteiger partial charge in [-0.2, -0.15) is 0 Å². The molecule has 0 saturated heterocycles. The highest BCUT2D eigenvalue weighted by molar-refractivity contribution is 9.11. The van der Waals surface area contributed by atoms with Gasteiger partial charge in [-0.05, 0) is 44.0 Å². The van der Waals surface area contributed by atoms with E-state index in [0.29, 0.717) is 6.54 Å². The van der Waals surface area contributed by atoms with Gasteiger partial charge in [-0.15, -0.1) is 0 Å². The maximum atomic E-state index is 3.97. The predicted octanol–water partition coefficient (Wildman–Crippen LogP) is 3.61. The fourth-order valence-electron chi connectivity index (χ4n) is 1.28. The summed E-state index contributed by atoms with van der Waals surface area (Å²) in [6.45, 7) is 0.696. The van der Waals surface area contributed by atoms with E-state index in [2.05, 4.69) is 47.1 Å². The lowest BCUT2D eigenvalue weighted by atomic mass is 10.3. The molecular formula is C11H9Br2N3. The van der Waals surface area contributed by atoms with Crippen molar-refractivity contribution in [2.24, 2.45) is 0 Å². The monoisotopic (exact) mass is 341 g/mol. The highest BCUT2D eigenvalue weighted by Gasteiger charge is 2.03. The fraction of sp³-hybridized carbons (Fsp3) is 0.0909. The molecule has 0 bridgehead atoms. The summed E-state index contributed by atoms with van der Waals surface area (Å²) in [7, 11) is 0. The van der Waals surface area contributed by atoms with Crippen LogP contribution in [0.1, 0.15) is 5.56 Å². The number of para-hydroxylation sites is 1. The maximum absolute atomic E-state index is 3.97. The van der Waals surface area contributed by atoms with E-state index < -0.39 is 0 Å². The molecule has 5 heteroatoms. The van der Waals surface area contributed by atoms with Gasteiger partial charge >= 0.3 is 0 Å². The van der Waals surface area contributed by atoms with E-state index in [9.17, 15) is 0 Å². The summed E-state index contributed by atoms with van der Waals surface area (Å²) in [4.78, 5) is 7.93. The number of rotatable bonds is 3. The highest BCUT2D eigenvalue weighted by atomic mass is 79.9. The molecule has 0 amide bonds. The first-order chi connectivity index (χ1) is 7.77. The van der Waals surface area contributed by atoms with Gasteiger partial charge in [0.25, 0.3) is 0 Å². The maximum Gasteiger partial charge on any atom is 0.115 e. The number of nitrogens with one attached hydrogen (secondary N) is 1. The summed E-state index contributed by atoms with van der Waals surface area (Å²) in [5.41, 5.74) is 2.08. The van der Waals surface area contributed by atoms with Gasteiger partial charge in [-0.25, -0.2) is 9.97 Å². The van der Waals surface area contributed by atoms with Crippen LogP contribution in [0.2, 0.25) is 0 Å². The van der Waals surface area contributed by atoms with Gasteiger partial charge in [0.1, 0.15) is 6.33 Å². The summed E-state index contributed by atoms with van der Waals surface area (Å²) >= 11 is 6.99. The van der Waals surface area contributed by atoms with Crippen LogP contribution < -0.4 is 5.32 Å². The van der Waals surface area contributed by atoms with Gasteiger partial charge < -0.3 is 5.32 Å². The minimum absolute atomic E-state index is 0.696. The molecule has 0 aliphatic carbocycles. The SMILES string of the molecule is Brc1cccc(Br)c1NCc1cncnc1. The van der Waals surface area contributed by atoms with Crippen molar-refractivity contribution in [1.29, 1.82) is 0 Å². The van der Waals surface area contributed by atoms with Crippen LogP contribution in [0.5, 0.6) is 0 Å². The Morgan fingerprint density at radius 1 is 1.06 bits per heavy atom. The zero-order valence-corrected chi connectivity index (χ0v) is 11.5. The second kappa shape index (κ2) is 5.41. The third kappa shape index (κ3) is 2.80. The quantitative estimate of drug-likeness (QED) is 0.925. The van der Waals surface area contributed by atoms with Gasteiger partial charge in [0.05, 0.1) is 5.69 Å². The number of benzene rings is 1. The van der Waals surface area contributed by atoms with Gasteiger partial charge in [0, 0.05) is 33.4 Å². The van der Waals surface area contributed by atoms with Crippen molar-refractivity contribution in [3.05, 3.63) is 51.4 Å². The molecule has 16 heavy (non-hydrogen) atoms. The van der Waals surface area contributed by atoms with Crippen molar-refractivity contribution < 1.29 is 0 Å². The summed E-state index contributed by atoms with van der Waals surface area (Å²) in [6, 6.07) is 5.97. The fourth-order valence-corrected chi connectivity index (χ4v) is 2.56. The van der Waals surface area contributed by atoms with E-state index in [0.717, 1.165) is 20.2 Å². The molecule has 1 aromatic heterocycles. The molecule has 0 aliphatic rings. The van der Waals surface area contributed by atoms with Crippen LogP contribution in [0, 0.1) is 0 Å². The molecule has 1 heterocycles. The lowest BCUT2D eigenvalue weighted by Gasteiger charge is -2.10. The Morgan fingerprint density at radius 3 is 2.31 bits per heavy atom. The van der Waals surface area contributed by atoms with E-state index in [1.165, 1.54) is 6.33 Å². The van der Waals surface area contributed by atoms with Crippen molar-refractivity contribution in [2.75, 3.05) is 5.32 Å². The molecule has 0 aliphatic heterocycles. The molecular weight excluding hydrogens is 334 g/mol. The number of nitrogens with zero attached hydrogens (tertiary/aromatic N) is 2. The topological polar surface area (TPSA) is 37.8 Å². The second-order valence-electron chi connectivity index (χ2n) is 3.20. The molecule has 2 aromatic rings. The first kappa shape index (κ1) is 11.5.